The van der Waals surface area contributed by atoms with Crippen molar-refractivity contribution in [3.63, 3.8) is 0 Å². The molecule has 464 valence electrons. The lowest BCUT2D eigenvalue weighted by atomic mass is 10.0. The van der Waals surface area contributed by atoms with Crippen molar-refractivity contribution in [3.8, 4) is 0 Å². The number of esters is 3. The van der Waals surface area contributed by atoms with Crippen molar-refractivity contribution in [2.24, 2.45) is 0 Å². The molecular formula is C68H121O11P. The van der Waals surface area contributed by atoms with Crippen LogP contribution >= 0.6 is 7.82 Å². The largest absolute Gasteiger partial charge is 0.472 e. The van der Waals surface area contributed by atoms with Crippen LogP contribution in [0.25, 0.3) is 0 Å². The fourth-order valence-electron chi connectivity index (χ4n) is 9.14. The third kappa shape index (κ3) is 59.5. The van der Waals surface area contributed by atoms with Crippen molar-refractivity contribution in [3.05, 3.63) is 72.9 Å². The normalized spacial score (nSPS) is 13.7. The molecule has 0 fully saturated rings. The molecule has 0 aromatic heterocycles. The molecule has 0 aliphatic heterocycles. The molecule has 0 radical (unpaired) electrons. The summed E-state index contributed by atoms with van der Waals surface area (Å²) in [6.45, 7) is 4.54. The first-order valence-electron chi connectivity index (χ1n) is 32.8. The number of carbonyl (C=O) groups is 3. The number of hydrogen-bond acceptors (Lipinski definition) is 10. The van der Waals surface area contributed by atoms with Crippen molar-refractivity contribution >= 4 is 25.7 Å². The first kappa shape index (κ1) is 76.9. The van der Waals surface area contributed by atoms with E-state index in [1.54, 1.807) is 0 Å². The Morgan fingerprint density at radius 1 is 0.362 bits per heavy atom. The van der Waals surface area contributed by atoms with E-state index in [2.05, 4.69) is 93.7 Å². The van der Waals surface area contributed by atoms with Crippen LogP contribution in [-0.4, -0.2) is 66.5 Å². The Morgan fingerprint density at radius 3 is 1.02 bits per heavy atom. The molecule has 0 spiro atoms. The minimum atomic E-state index is -4.76. The second-order valence-electron chi connectivity index (χ2n) is 21.9. The molecule has 0 aromatic carbocycles. The fraction of sp³-hybridized carbons (Fsp3) is 0.779. The molecule has 2 N–H and O–H groups in total. The highest BCUT2D eigenvalue weighted by Crippen LogP contribution is 2.43. The second kappa shape index (κ2) is 62.0. The molecule has 11 nitrogen and oxygen atoms in total. The number of ether oxygens (including phenoxy) is 3. The summed E-state index contributed by atoms with van der Waals surface area (Å²) in [5.41, 5.74) is 0. The molecule has 3 unspecified atom stereocenters. The molecule has 0 amide bonds. The monoisotopic (exact) mass is 1140 g/mol. The minimum absolute atomic E-state index is 0.128. The SMILES string of the molecule is CC/C=C\C/C=C\C/C=C\C/C=C\C/C=C\CCCCCC(=O)OC(COC(=O)CCCCCCCCCCC/C=C\CCCCCCCC)COP(=O)(O)OCC(CO)OC(=O)CCCCCCCCCCCCCCCCC. The summed E-state index contributed by atoms with van der Waals surface area (Å²) in [5.74, 6) is -1.49. The summed E-state index contributed by atoms with van der Waals surface area (Å²) in [4.78, 5) is 48.8. The minimum Gasteiger partial charge on any atom is -0.462 e. The third-order valence-electron chi connectivity index (χ3n) is 14.1. The zero-order valence-electron chi connectivity index (χ0n) is 51.5. The fourth-order valence-corrected chi connectivity index (χ4v) is 9.93. The Bertz CT molecular complexity index is 1620. The Hall–Kier alpha value is -3.08. The number of carbonyl (C=O) groups excluding carboxylic acids is 3. The summed E-state index contributed by atoms with van der Waals surface area (Å²) in [5, 5.41) is 9.85. The van der Waals surface area contributed by atoms with E-state index in [1.165, 1.54) is 154 Å². The molecule has 3 atom stereocenters. The number of phosphoric ester groups is 1. The first-order valence-corrected chi connectivity index (χ1v) is 34.3. The maximum Gasteiger partial charge on any atom is 0.472 e. The highest BCUT2D eigenvalue weighted by Gasteiger charge is 2.28. The van der Waals surface area contributed by atoms with E-state index in [9.17, 15) is 28.9 Å². The Kier molecular flexibility index (Phi) is 59.6. The molecular weight excluding hydrogens is 1020 g/mol. The molecule has 0 heterocycles. The van der Waals surface area contributed by atoms with Gasteiger partial charge in [-0.2, -0.15) is 0 Å². The quantitative estimate of drug-likeness (QED) is 0.0197. The van der Waals surface area contributed by atoms with Crippen LogP contribution in [0.4, 0.5) is 0 Å². The van der Waals surface area contributed by atoms with E-state index in [4.69, 9.17) is 23.3 Å². The molecule has 12 heteroatoms. The predicted octanol–water partition coefficient (Wildman–Crippen LogP) is 20.0. The second-order valence-corrected chi connectivity index (χ2v) is 23.4. The number of rotatable bonds is 61. The lowest BCUT2D eigenvalue weighted by molar-refractivity contribution is -0.161. The van der Waals surface area contributed by atoms with Gasteiger partial charge in [0.2, 0.25) is 0 Å². The smallest absolute Gasteiger partial charge is 0.462 e. The zero-order valence-corrected chi connectivity index (χ0v) is 52.4. The number of hydrogen-bond donors (Lipinski definition) is 2. The number of aliphatic hydroxyl groups is 1. The summed E-state index contributed by atoms with van der Waals surface area (Å²) in [7, 11) is -4.76. The summed E-state index contributed by atoms with van der Waals surface area (Å²) < 4.78 is 39.7. The number of unbranched alkanes of at least 4 members (excludes halogenated alkanes) is 32. The van der Waals surface area contributed by atoms with Gasteiger partial charge < -0.3 is 24.2 Å². The van der Waals surface area contributed by atoms with Crippen LogP contribution in [0.1, 0.15) is 303 Å². The molecule has 0 aliphatic carbocycles. The van der Waals surface area contributed by atoms with Crippen LogP contribution in [0.5, 0.6) is 0 Å². The van der Waals surface area contributed by atoms with Gasteiger partial charge in [0.15, 0.2) is 6.10 Å². The maximum absolute atomic E-state index is 13.0. The van der Waals surface area contributed by atoms with Crippen molar-refractivity contribution in [2.75, 3.05) is 26.4 Å². The summed E-state index contributed by atoms with van der Waals surface area (Å²) >= 11 is 0. The maximum atomic E-state index is 13.0. The van der Waals surface area contributed by atoms with Crippen LogP contribution in [0, 0.1) is 0 Å². The number of phosphoric acid groups is 1. The van der Waals surface area contributed by atoms with Crippen molar-refractivity contribution < 1.29 is 52.2 Å². The average Bonchev–Trinajstić information content (AvgIpc) is 3.45. The standard InChI is InChI=1S/C68H121O11P/c1-4-7-10-13-16-19-22-25-28-30-32-34-37-39-42-45-48-51-54-57-66(70)75-61-65(79-68(72)59-56-53-50-47-44-41-38-35-33-31-29-26-23-20-17-14-11-8-5-2)63-77-80(73,74)76-62-64(60-69)78-67(71)58-55-52-49-46-43-40-36-27-24-21-18-15-12-9-6-3/h8,11,17,20,25-26,28-29,33,35,41,44,64-65,69H,4-7,9-10,12-16,18-19,21-24,27,30-32,34,36-40,42-43,45-63H2,1-3H3,(H,73,74)/b11-8-,20-17-,28-25-,29-26-,35-33-,44-41-. The molecule has 0 bridgehead atoms. The van der Waals surface area contributed by atoms with Crippen molar-refractivity contribution in [2.45, 2.75) is 315 Å². The van der Waals surface area contributed by atoms with E-state index in [1.807, 2.05) is 0 Å². The van der Waals surface area contributed by atoms with Gasteiger partial charge in [-0.15, -0.1) is 0 Å². The van der Waals surface area contributed by atoms with E-state index in [-0.39, 0.29) is 25.9 Å². The van der Waals surface area contributed by atoms with E-state index in [0.29, 0.717) is 19.3 Å². The molecule has 0 saturated heterocycles. The Labute approximate surface area is 490 Å². The average molecular weight is 1150 g/mol. The molecule has 0 aromatic rings. The van der Waals surface area contributed by atoms with Gasteiger partial charge in [-0.05, 0) is 89.9 Å². The summed E-state index contributed by atoms with van der Waals surface area (Å²) in [6.07, 6.45) is 71.4. The van der Waals surface area contributed by atoms with Crippen LogP contribution in [-0.2, 0) is 42.2 Å². The van der Waals surface area contributed by atoms with Crippen LogP contribution in [0.3, 0.4) is 0 Å². The van der Waals surface area contributed by atoms with Crippen molar-refractivity contribution in [1.29, 1.82) is 0 Å². The van der Waals surface area contributed by atoms with Crippen molar-refractivity contribution in [1.82, 2.24) is 0 Å². The lowest BCUT2D eigenvalue weighted by Crippen LogP contribution is -2.30. The highest BCUT2D eigenvalue weighted by atomic mass is 31.2. The van der Waals surface area contributed by atoms with Crippen LogP contribution in [0.2, 0.25) is 0 Å². The van der Waals surface area contributed by atoms with Crippen LogP contribution < -0.4 is 0 Å². The van der Waals surface area contributed by atoms with Gasteiger partial charge in [0.05, 0.1) is 19.8 Å². The highest BCUT2D eigenvalue weighted by molar-refractivity contribution is 7.47. The number of allylic oxidation sites excluding steroid dienone is 12. The Balaban J connectivity index is 4.74. The van der Waals surface area contributed by atoms with Gasteiger partial charge in [0.1, 0.15) is 12.7 Å². The molecule has 0 saturated carbocycles. The third-order valence-corrected chi connectivity index (χ3v) is 15.1. The topological polar surface area (TPSA) is 155 Å². The van der Waals surface area contributed by atoms with Gasteiger partial charge in [0, 0.05) is 19.3 Å². The predicted molar refractivity (Wildman–Crippen MR) is 335 cm³/mol. The molecule has 0 rings (SSSR count). The van der Waals surface area contributed by atoms with Gasteiger partial charge in [-0.1, -0.05) is 267 Å². The summed E-state index contributed by atoms with van der Waals surface area (Å²) in [6, 6.07) is 0. The van der Waals surface area contributed by atoms with Gasteiger partial charge in [-0.25, -0.2) is 4.57 Å². The lowest BCUT2D eigenvalue weighted by Gasteiger charge is -2.21. The van der Waals surface area contributed by atoms with Gasteiger partial charge in [0.25, 0.3) is 0 Å². The van der Waals surface area contributed by atoms with Crippen LogP contribution in [0.15, 0.2) is 72.9 Å². The van der Waals surface area contributed by atoms with Gasteiger partial charge >= 0.3 is 25.7 Å². The molecule has 0 aliphatic rings. The van der Waals surface area contributed by atoms with E-state index >= 15 is 0 Å². The van der Waals surface area contributed by atoms with Gasteiger partial charge in [-0.3, -0.25) is 23.4 Å². The first-order chi connectivity index (χ1) is 39.2. The number of aliphatic hydroxyl groups excluding tert-OH is 1. The zero-order chi connectivity index (χ0) is 58.3. The molecule has 80 heavy (non-hydrogen) atoms. The van der Waals surface area contributed by atoms with E-state index in [0.717, 1.165) is 89.9 Å². The Morgan fingerprint density at radius 2 is 0.650 bits per heavy atom. The van der Waals surface area contributed by atoms with E-state index < -0.39 is 57.8 Å².